The highest BCUT2D eigenvalue weighted by atomic mass is 32.2. The van der Waals surface area contributed by atoms with Gasteiger partial charge in [0.05, 0.1) is 18.7 Å². The topological polar surface area (TPSA) is 114 Å². The Hall–Kier alpha value is -3.42. The van der Waals surface area contributed by atoms with Gasteiger partial charge in [-0.15, -0.1) is 10.2 Å². The number of hydrogen-bond donors (Lipinski definition) is 1. The molecule has 1 N–H and O–H groups in total. The van der Waals surface area contributed by atoms with E-state index in [-0.39, 0.29) is 12.5 Å². The quantitative estimate of drug-likeness (QED) is 0.322. The van der Waals surface area contributed by atoms with Crippen molar-refractivity contribution < 1.29 is 19.1 Å². The Balaban J connectivity index is 1.55. The van der Waals surface area contributed by atoms with Crippen molar-refractivity contribution in [1.29, 1.82) is 5.26 Å². The summed E-state index contributed by atoms with van der Waals surface area (Å²) in [4.78, 5) is 23.6. The Morgan fingerprint density at radius 3 is 2.73 bits per heavy atom. The minimum atomic E-state index is -0.509. The molecule has 0 aliphatic heterocycles. The van der Waals surface area contributed by atoms with Gasteiger partial charge in [-0.05, 0) is 35.9 Å². The van der Waals surface area contributed by atoms with Crippen LogP contribution in [-0.4, -0.2) is 35.8 Å². The van der Waals surface area contributed by atoms with Gasteiger partial charge in [-0.2, -0.15) is 5.26 Å². The highest BCUT2D eigenvalue weighted by molar-refractivity contribution is 8.00. The van der Waals surface area contributed by atoms with E-state index in [1.807, 2.05) is 12.1 Å². The number of carbonyl (C=O) groups excluding carboxylic acids is 2. The minimum Gasteiger partial charge on any atom is -0.482 e. The lowest BCUT2D eigenvalue weighted by Gasteiger charge is -2.06. The monoisotopic (exact) mass is 440 g/mol. The van der Waals surface area contributed by atoms with Crippen molar-refractivity contribution in [3.05, 3.63) is 65.2 Å². The van der Waals surface area contributed by atoms with Crippen LogP contribution in [0.3, 0.4) is 0 Å². The van der Waals surface area contributed by atoms with Crippen molar-refractivity contribution in [1.82, 2.24) is 10.2 Å². The van der Waals surface area contributed by atoms with Gasteiger partial charge in [0, 0.05) is 11.3 Å². The number of nitrogens with zero attached hydrogens (tertiary/aromatic N) is 3. The smallest absolute Gasteiger partial charge is 0.343 e. The van der Waals surface area contributed by atoms with Crippen LogP contribution in [0.5, 0.6) is 5.75 Å². The average molecular weight is 441 g/mol. The van der Waals surface area contributed by atoms with Gasteiger partial charge in [0.25, 0.3) is 5.91 Å². The van der Waals surface area contributed by atoms with E-state index in [1.54, 1.807) is 30.3 Å². The number of benzene rings is 2. The van der Waals surface area contributed by atoms with Crippen molar-refractivity contribution in [2.75, 3.05) is 19.0 Å². The molecule has 0 aliphatic rings. The standard InChI is InChI=1S/C20H16N4O4S2/c1-27-17(25)11-28-16-4-2-3-15(9-16)18(26)22-19-23-24-20(30-19)29-12-14-7-5-13(10-21)6-8-14/h2-9H,11-12H2,1H3,(H,22,23,26). The second kappa shape index (κ2) is 10.4. The maximum Gasteiger partial charge on any atom is 0.343 e. The number of aromatic nitrogens is 2. The minimum absolute atomic E-state index is 0.238. The van der Waals surface area contributed by atoms with Crippen molar-refractivity contribution in [2.24, 2.45) is 0 Å². The third-order valence-electron chi connectivity index (χ3n) is 3.75. The molecule has 30 heavy (non-hydrogen) atoms. The number of rotatable bonds is 8. The zero-order valence-electron chi connectivity index (χ0n) is 15.8. The number of amides is 1. The van der Waals surface area contributed by atoms with E-state index < -0.39 is 5.97 Å². The maximum atomic E-state index is 12.5. The van der Waals surface area contributed by atoms with Crippen molar-refractivity contribution in [3.8, 4) is 11.8 Å². The van der Waals surface area contributed by atoms with Gasteiger partial charge < -0.3 is 9.47 Å². The highest BCUT2D eigenvalue weighted by Gasteiger charge is 2.12. The molecule has 0 spiro atoms. The number of ether oxygens (including phenoxy) is 2. The van der Waals surface area contributed by atoms with Crippen LogP contribution in [0.2, 0.25) is 0 Å². The zero-order chi connectivity index (χ0) is 21.3. The molecule has 0 aliphatic carbocycles. The van der Waals surface area contributed by atoms with E-state index in [0.717, 1.165) is 5.56 Å². The molecule has 0 unspecified atom stereocenters. The molecule has 1 aromatic heterocycles. The summed E-state index contributed by atoms with van der Waals surface area (Å²) in [5.74, 6) is 0.181. The lowest BCUT2D eigenvalue weighted by Crippen LogP contribution is -2.14. The molecule has 8 nitrogen and oxygen atoms in total. The number of carbonyl (C=O) groups is 2. The van der Waals surface area contributed by atoms with Crippen LogP contribution < -0.4 is 10.1 Å². The number of hydrogen-bond acceptors (Lipinski definition) is 9. The summed E-state index contributed by atoms with van der Waals surface area (Å²) in [7, 11) is 1.27. The largest absolute Gasteiger partial charge is 0.482 e. The van der Waals surface area contributed by atoms with E-state index in [4.69, 9.17) is 10.00 Å². The van der Waals surface area contributed by atoms with Gasteiger partial charge in [-0.1, -0.05) is 41.3 Å². The first kappa shape index (κ1) is 21.3. The Morgan fingerprint density at radius 2 is 2.00 bits per heavy atom. The van der Waals surface area contributed by atoms with Crippen LogP contribution in [0.25, 0.3) is 0 Å². The summed E-state index contributed by atoms with van der Waals surface area (Å²) in [6.45, 7) is -0.238. The van der Waals surface area contributed by atoms with Crippen LogP contribution in [0.15, 0.2) is 52.9 Å². The van der Waals surface area contributed by atoms with Gasteiger partial charge in [0.1, 0.15) is 5.75 Å². The third-order valence-corrected chi connectivity index (χ3v) is 5.80. The molecule has 3 aromatic rings. The van der Waals surface area contributed by atoms with E-state index in [2.05, 4.69) is 26.3 Å². The van der Waals surface area contributed by atoms with Crippen LogP contribution in [-0.2, 0) is 15.3 Å². The average Bonchev–Trinajstić information content (AvgIpc) is 3.23. The summed E-state index contributed by atoms with van der Waals surface area (Å²) < 4.78 is 10.5. The fourth-order valence-electron chi connectivity index (χ4n) is 2.24. The van der Waals surface area contributed by atoms with Gasteiger partial charge in [-0.3, -0.25) is 10.1 Å². The van der Waals surface area contributed by atoms with Crippen LogP contribution >= 0.6 is 23.1 Å². The van der Waals surface area contributed by atoms with Gasteiger partial charge in [0.15, 0.2) is 10.9 Å². The van der Waals surface area contributed by atoms with E-state index in [9.17, 15) is 9.59 Å². The number of nitrogens with one attached hydrogen (secondary N) is 1. The van der Waals surface area contributed by atoms with Crippen LogP contribution in [0.1, 0.15) is 21.5 Å². The Labute approximate surface area is 180 Å². The third kappa shape index (κ3) is 6.04. The first-order chi connectivity index (χ1) is 14.6. The fraction of sp³-hybridized carbons (Fsp3) is 0.150. The van der Waals surface area contributed by atoms with Crippen LogP contribution in [0, 0.1) is 11.3 Å². The van der Waals surface area contributed by atoms with Crippen molar-refractivity contribution in [3.63, 3.8) is 0 Å². The predicted molar refractivity (Wildman–Crippen MR) is 113 cm³/mol. The highest BCUT2D eigenvalue weighted by Crippen LogP contribution is 2.28. The lowest BCUT2D eigenvalue weighted by atomic mass is 10.2. The maximum absolute atomic E-state index is 12.5. The van der Waals surface area contributed by atoms with E-state index >= 15 is 0 Å². The van der Waals surface area contributed by atoms with Gasteiger partial charge in [-0.25, -0.2) is 4.79 Å². The molecule has 0 atom stereocenters. The molecular formula is C20H16N4O4S2. The first-order valence-electron chi connectivity index (χ1n) is 8.64. The Kier molecular flexibility index (Phi) is 7.37. The summed E-state index contributed by atoms with van der Waals surface area (Å²) in [6, 6.07) is 15.9. The molecule has 0 saturated heterocycles. The second-order valence-corrected chi connectivity index (χ2v) is 8.02. The number of nitriles is 1. The molecule has 1 amide bonds. The summed E-state index contributed by atoms with van der Waals surface area (Å²) >= 11 is 2.76. The molecule has 10 heteroatoms. The zero-order valence-corrected chi connectivity index (χ0v) is 17.5. The molecule has 1 heterocycles. The normalized spacial score (nSPS) is 10.1. The summed E-state index contributed by atoms with van der Waals surface area (Å²) in [6.07, 6.45) is 0. The number of anilines is 1. The van der Waals surface area contributed by atoms with Crippen LogP contribution in [0.4, 0.5) is 5.13 Å². The SMILES string of the molecule is COC(=O)COc1cccc(C(=O)Nc2nnc(SCc3ccc(C#N)cc3)s2)c1. The number of methoxy groups -OCH3 is 1. The van der Waals surface area contributed by atoms with E-state index in [0.29, 0.717) is 32.1 Å². The Bertz CT molecular complexity index is 1080. The Morgan fingerprint density at radius 1 is 1.20 bits per heavy atom. The number of esters is 1. The lowest BCUT2D eigenvalue weighted by molar-refractivity contribution is -0.142. The summed E-state index contributed by atoms with van der Waals surface area (Å²) in [5.41, 5.74) is 2.03. The first-order valence-corrected chi connectivity index (χ1v) is 10.4. The van der Waals surface area contributed by atoms with Crippen molar-refractivity contribution in [2.45, 2.75) is 10.1 Å². The molecule has 0 fully saturated rings. The molecule has 152 valence electrons. The molecule has 0 bridgehead atoms. The summed E-state index contributed by atoms with van der Waals surface area (Å²) in [5, 5.41) is 20.0. The molecule has 0 saturated carbocycles. The van der Waals surface area contributed by atoms with Gasteiger partial charge in [0.2, 0.25) is 5.13 Å². The van der Waals surface area contributed by atoms with Crippen molar-refractivity contribution >= 4 is 40.1 Å². The molecule has 0 radical (unpaired) electrons. The number of thioether (sulfide) groups is 1. The van der Waals surface area contributed by atoms with E-state index in [1.165, 1.54) is 36.3 Å². The molecular weight excluding hydrogens is 424 g/mol. The van der Waals surface area contributed by atoms with Gasteiger partial charge >= 0.3 is 5.97 Å². The molecule has 2 aromatic carbocycles. The predicted octanol–water partition coefficient (Wildman–Crippen LogP) is 3.51. The fourth-order valence-corrected chi connectivity index (χ4v) is 3.94. The second-order valence-electron chi connectivity index (χ2n) is 5.82. The molecule has 3 rings (SSSR count).